The summed E-state index contributed by atoms with van der Waals surface area (Å²) in [4.78, 5) is 26.5. The van der Waals surface area contributed by atoms with Gasteiger partial charge in [0, 0.05) is 37.2 Å². The molecule has 1 amide bonds. The third-order valence-corrected chi connectivity index (χ3v) is 6.18. The van der Waals surface area contributed by atoms with Gasteiger partial charge in [-0.25, -0.2) is 4.79 Å². The lowest BCUT2D eigenvalue weighted by Gasteiger charge is -2.38. The van der Waals surface area contributed by atoms with Crippen LogP contribution in [0.1, 0.15) is 34.3 Å². The molecule has 1 spiro atoms. The lowest BCUT2D eigenvalue weighted by Crippen LogP contribution is -2.46. The molecule has 0 radical (unpaired) electrons. The van der Waals surface area contributed by atoms with Gasteiger partial charge in [0.1, 0.15) is 5.60 Å². The maximum absolute atomic E-state index is 12.5. The summed E-state index contributed by atoms with van der Waals surface area (Å²) >= 11 is 1.64. The Morgan fingerprint density at radius 3 is 2.50 bits per heavy atom. The van der Waals surface area contributed by atoms with Gasteiger partial charge in [-0.3, -0.25) is 4.79 Å². The second-order valence-electron chi connectivity index (χ2n) is 6.79. The van der Waals surface area contributed by atoms with Crippen LogP contribution in [0.25, 0.3) is 0 Å². The van der Waals surface area contributed by atoms with Gasteiger partial charge in [0.25, 0.3) is 0 Å². The van der Waals surface area contributed by atoms with Crippen LogP contribution in [0.4, 0.5) is 0 Å². The third kappa shape index (κ3) is 3.23. The van der Waals surface area contributed by atoms with Crippen molar-refractivity contribution < 1.29 is 14.3 Å². The van der Waals surface area contributed by atoms with E-state index in [0.29, 0.717) is 37.2 Å². The number of carbonyl (C=O) groups excluding carboxylic acids is 2. The number of ether oxygens (including phenoxy) is 1. The van der Waals surface area contributed by atoms with Gasteiger partial charge < -0.3 is 9.64 Å². The maximum Gasteiger partial charge on any atom is 0.339 e. The Morgan fingerprint density at radius 2 is 1.73 bits per heavy atom. The summed E-state index contributed by atoms with van der Waals surface area (Å²) < 4.78 is 5.75. The van der Waals surface area contributed by atoms with E-state index in [1.807, 2.05) is 47.4 Å². The largest absolute Gasteiger partial charge is 0.450 e. The fourth-order valence-electron chi connectivity index (χ4n) is 3.76. The highest BCUT2D eigenvalue weighted by Gasteiger charge is 2.47. The summed E-state index contributed by atoms with van der Waals surface area (Å²) in [7, 11) is 0. The van der Waals surface area contributed by atoms with Crippen molar-refractivity contribution in [2.24, 2.45) is 0 Å². The lowest BCUT2D eigenvalue weighted by molar-refractivity contribution is -0.132. The van der Waals surface area contributed by atoms with Gasteiger partial charge in [-0.1, -0.05) is 48.5 Å². The number of hydrogen-bond acceptors (Lipinski definition) is 4. The summed E-state index contributed by atoms with van der Waals surface area (Å²) in [5.74, 6) is 1.25. The lowest BCUT2D eigenvalue weighted by atomic mass is 9.84. The number of carbonyl (C=O) groups is 2. The summed E-state index contributed by atoms with van der Waals surface area (Å²) in [6.45, 7) is 1.26. The molecular formula is C21H21NO3S. The Balaban J connectivity index is 1.33. The Bertz CT molecular complexity index is 813. The number of piperidine rings is 1. The van der Waals surface area contributed by atoms with Crippen LogP contribution in [-0.4, -0.2) is 35.6 Å². The van der Waals surface area contributed by atoms with Crippen LogP contribution < -0.4 is 0 Å². The summed E-state index contributed by atoms with van der Waals surface area (Å²) in [5, 5.41) is 0. The molecule has 5 heteroatoms. The molecule has 4 rings (SSSR count). The minimum Gasteiger partial charge on any atom is -0.450 e. The van der Waals surface area contributed by atoms with Crippen LogP contribution >= 0.6 is 11.8 Å². The molecule has 0 bridgehead atoms. The number of amides is 1. The number of thioether (sulfide) groups is 1. The van der Waals surface area contributed by atoms with E-state index in [9.17, 15) is 9.59 Å². The average Bonchev–Trinajstić information content (AvgIpc) is 2.95. The Hall–Kier alpha value is -2.27. The highest BCUT2D eigenvalue weighted by molar-refractivity contribution is 7.99. The molecule has 0 aromatic heterocycles. The van der Waals surface area contributed by atoms with Gasteiger partial charge in [-0.2, -0.15) is 0 Å². The maximum atomic E-state index is 12.5. The van der Waals surface area contributed by atoms with Gasteiger partial charge in [-0.05, 0) is 11.6 Å². The van der Waals surface area contributed by atoms with Gasteiger partial charge >= 0.3 is 5.97 Å². The molecule has 0 unspecified atom stereocenters. The number of fused-ring (bicyclic) bond motifs is 2. The first-order valence-corrected chi connectivity index (χ1v) is 10.1. The van der Waals surface area contributed by atoms with E-state index in [1.54, 1.807) is 11.8 Å². The summed E-state index contributed by atoms with van der Waals surface area (Å²) in [6.07, 6.45) is 1.34. The van der Waals surface area contributed by atoms with Crippen molar-refractivity contribution >= 4 is 23.6 Å². The second-order valence-corrected chi connectivity index (χ2v) is 7.77. The number of hydrogen-bond donors (Lipinski definition) is 0. The van der Waals surface area contributed by atoms with Crippen molar-refractivity contribution in [3.05, 3.63) is 71.3 Å². The number of likely N-dealkylation sites (tertiary alicyclic amines) is 1. The predicted octanol–water partition coefficient (Wildman–Crippen LogP) is 3.61. The smallest absolute Gasteiger partial charge is 0.339 e. The molecule has 0 saturated carbocycles. The molecule has 0 aliphatic carbocycles. The van der Waals surface area contributed by atoms with Crippen LogP contribution in [0.5, 0.6) is 0 Å². The molecule has 26 heavy (non-hydrogen) atoms. The van der Waals surface area contributed by atoms with Crippen LogP contribution in [0.15, 0.2) is 54.6 Å². The molecule has 2 aromatic carbocycles. The molecule has 2 aliphatic rings. The standard InChI is InChI=1S/C21H21NO3S/c23-19(15-26-14-16-6-2-1-3-7-16)22-12-10-21(11-13-22)18-9-5-4-8-17(18)20(24)25-21/h1-9H,10-15H2. The highest BCUT2D eigenvalue weighted by atomic mass is 32.2. The predicted molar refractivity (Wildman–Crippen MR) is 102 cm³/mol. The number of benzene rings is 2. The van der Waals surface area contributed by atoms with Crippen molar-refractivity contribution in [1.29, 1.82) is 0 Å². The second kappa shape index (κ2) is 7.16. The SMILES string of the molecule is O=C1OC2(CCN(C(=O)CSCc3ccccc3)CC2)c2ccccc21. The molecule has 2 heterocycles. The van der Waals surface area contributed by atoms with Crippen molar-refractivity contribution in [2.45, 2.75) is 24.2 Å². The van der Waals surface area contributed by atoms with Gasteiger partial charge in [0.05, 0.1) is 11.3 Å². The minimum absolute atomic E-state index is 0.165. The number of nitrogens with zero attached hydrogens (tertiary/aromatic N) is 1. The molecule has 4 nitrogen and oxygen atoms in total. The molecule has 2 aromatic rings. The fraction of sp³-hybridized carbons (Fsp3) is 0.333. The van der Waals surface area contributed by atoms with Crippen LogP contribution in [0, 0.1) is 0 Å². The van der Waals surface area contributed by atoms with Crippen molar-refractivity contribution in [2.75, 3.05) is 18.8 Å². The molecule has 0 atom stereocenters. The van der Waals surface area contributed by atoms with Crippen LogP contribution in [0.3, 0.4) is 0 Å². The first-order valence-electron chi connectivity index (χ1n) is 8.90. The van der Waals surface area contributed by atoms with E-state index < -0.39 is 5.60 Å². The van der Waals surface area contributed by atoms with Gasteiger partial charge in [-0.15, -0.1) is 11.8 Å². The van der Waals surface area contributed by atoms with E-state index in [0.717, 1.165) is 11.3 Å². The normalized spacial score (nSPS) is 17.8. The quantitative estimate of drug-likeness (QED) is 0.775. The van der Waals surface area contributed by atoms with Crippen molar-refractivity contribution in [3.8, 4) is 0 Å². The Kier molecular flexibility index (Phi) is 4.72. The molecular weight excluding hydrogens is 346 g/mol. The first kappa shape index (κ1) is 17.2. The third-order valence-electron chi connectivity index (χ3n) is 5.19. The van der Waals surface area contributed by atoms with E-state index in [2.05, 4.69) is 12.1 Å². The zero-order chi connectivity index (χ0) is 18.0. The number of esters is 1. The average molecular weight is 367 g/mol. The van der Waals surface area contributed by atoms with E-state index in [4.69, 9.17) is 4.74 Å². The first-order chi connectivity index (χ1) is 12.7. The molecule has 2 aliphatic heterocycles. The summed E-state index contributed by atoms with van der Waals surface area (Å²) in [5.41, 5.74) is 2.35. The Morgan fingerprint density at radius 1 is 1.04 bits per heavy atom. The fourth-order valence-corrected chi connectivity index (χ4v) is 4.64. The summed E-state index contributed by atoms with van der Waals surface area (Å²) in [6, 6.07) is 17.8. The van der Waals surface area contributed by atoms with Crippen LogP contribution in [-0.2, 0) is 20.9 Å². The highest BCUT2D eigenvalue weighted by Crippen LogP contribution is 2.43. The number of rotatable bonds is 4. The van der Waals surface area contributed by atoms with E-state index >= 15 is 0 Å². The molecule has 1 fully saturated rings. The molecule has 0 N–H and O–H groups in total. The van der Waals surface area contributed by atoms with Crippen molar-refractivity contribution in [1.82, 2.24) is 4.90 Å². The molecule has 134 valence electrons. The zero-order valence-corrected chi connectivity index (χ0v) is 15.3. The van der Waals surface area contributed by atoms with Crippen molar-refractivity contribution in [3.63, 3.8) is 0 Å². The monoisotopic (exact) mass is 367 g/mol. The van der Waals surface area contributed by atoms with E-state index in [1.165, 1.54) is 5.56 Å². The van der Waals surface area contributed by atoms with E-state index in [-0.39, 0.29) is 11.9 Å². The Labute approximate surface area is 157 Å². The van der Waals surface area contributed by atoms with Gasteiger partial charge in [0.2, 0.25) is 5.91 Å². The minimum atomic E-state index is -0.540. The van der Waals surface area contributed by atoms with Crippen LogP contribution in [0.2, 0.25) is 0 Å². The topological polar surface area (TPSA) is 46.6 Å². The zero-order valence-electron chi connectivity index (χ0n) is 14.5. The van der Waals surface area contributed by atoms with Gasteiger partial charge in [0.15, 0.2) is 0 Å². The molecule has 1 saturated heterocycles.